The minimum Gasteiger partial charge on any atom is -0.291 e. The molecule has 0 heterocycles. The molecule has 0 aromatic heterocycles. The standard InChI is InChI=1S/C6H8Cl3O/c7-6(8,9)4-2-1-3-5-10/h1-4H2. The Balaban J connectivity index is 3.12. The van der Waals surface area contributed by atoms with E-state index >= 15 is 0 Å². The van der Waals surface area contributed by atoms with Crippen LogP contribution in [0.3, 0.4) is 0 Å². The van der Waals surface area contributed by atoms with Crippen LogP contribution in [0.2, 0.25) is 0 Å². The van der Waals surface area contributed by atoms with Crippen molar-refractivity contribution in [1.29, 1.82) is 0 Å². The second-order valence-corrected chi connectivity index (χ2v) is 4.48. The molecule has 0 rings (SSSR count). The van der Waals surface area contributed by atoms with Gasteiger partial charge in [-0.1, -0.05) is 34.8 Å². The Hall–Kier alpha value is 0.540. The molecule has 0 aliphatic rings. The molecule has 59 valence electrons. The average molecular weight is 202 g/mol. The Morgan fingerprint density at radius 3 is 2.20 bits per heavy atom. The first kappa shape index (κ1) is 10.5. The Labute approximate surface area is 75.6 Å². The number of alkyl halides is 3. The van der Waals surface area contributed by atoms with Crippen molar-refractivity contribution in [3.63, 3.8) is 0 Å². The summed E-state index contributed by atoms with van der Waals surface area (Å²) in [6, 6.07) is 0. The van der Waals surface area contributed by atoms with Gasteiger partial charge in [0.1, 0.15) is 0 Å². The fourth-order valence-corrected chi connectivity index (χ4v) is 0.924. The van der Waals surface area contributed by atoms with Crippen molar-refractivity contribution in [2.75, 3.05) is 0 Å². The molecule has 0 saturated heterocycles. The van der Waals surface area contributed by atoms with Gasteiger partial charge in [0.15, 0.2) is 10.1 Å². The lowest BCUT2D eigenvalue weighted by molar-refractivity contribution is 0.545. The molecule has 0 aromatic carbocycles. The van der Waals surface area contributed by atoms with Crippen molar-refractivity contribution in [3.05, 3.63) is 0 Å². The fraction of sp³-hybridized carbons (Fsp3) is 0.833. The van der Waals surface area contributed by atoms with Gasteiger partial charge < -0.3 is 0 Å². The molecule has 1 radical (unpaired) electrons. The van der Waals surface area contributed by atoms with E-state index in [4.69, 9.17) is 34.8 Å². The molecule has 0 unspecified atom stereocenters. The first-order valence-electron chi connectivity index (χ1n) is 2.98. The van der Waals surface area contributed by atoms with E-state index < -0.39 is 3.79 Å². The van der Waals surface area contributed by atoms with Crippen LogP contribution in [0.4, 0.5) is 0 Å². The third kappa shape index (κ3) is 8.54. The van der Waals surface area contributed by atoms with Gasteiger partial charge in [0, 0.05) is 6.42 Å². The molecule has 10 heavy (non-hydrogen) atoms. The van der Waals surface area contributed by atoms with E-state index in [0.717, 1.165) is 12.8 Å². The Morgan fingerprint density at radius 1 is 1.20 bits per heavy atom. The van der Waals surface area contributed by atoms with Crippen LogP contribution in [0.1, 0.15) is 25.7 Å². The van der Waals surface area contributed by atoms with Gasteiger partial charge in [0.2, 0.25) is 0 Å². The van der Waals surface area contributed by atoms with Crippen LogP contribution in [0.25, 0.3) is 0 Å². The molecule has 0 aliphatic heterocycles. The van der Waals surface area contributed by atoms with Crippen LogP contribution in [0.5, 0.6) is 0 Å². The van der Waals surface area contributed by atoms with E-state index in [2.05, 4.69) is 0 Å². The third-order valence-corrected chi connectivity index (χ3v) is 1.56. The first-order chi connectivity index (χ1) is 4.56. The third-order valence-electron chi connectivity index (χ3n) is 0.989. The lowest BCUT2D eigenvalue weighted by Crippen LogP contribution is -2.00. The molecule has 0 atom stereocenters. The van der Waals surface area contributed by atoms with Gasteiger partial charge in [-0.15, -0.1) is 0 Å². The van der Waals surface area contributed by atoms with E-state index in [1.54, 1.807) is 6.29 Å². The quantitative estimate of drug-likeness (QED) is 0.506. The fourth-order valence-electron chi connectivity index (χ4n) is 0.523. The average Bonchev–Trinajstić information content (AvgIpc) is 1.78. The smallest absolute Gasteiger partial charge is 0.198 e. The van der Waals surface area contributed by atoms with Gasteiger partial charge in [0.25, 0.3) is 0 Å². The summed E-state index contributed by atoms with van der Waals surface area (Å²) in [4.78, 5) is 9.71. The first-order valence-corrected chi connectivity index (χ1v) is 4.11. The summed E-state index contributed by atoms with van der Waals surface area (Å²) in [5.74, 6) is 0. The molecular formula is C6H8Cl3O. The SMILES string of the molecule is O=[C]CCCCC(Cl)(Cl)Cl. The maximum atomic E-state index is 9.71. The minimum atomic E-state index is -1.16. The number of hydrogen-bond acceptors (Lipinski definition) is 1. The van der Waals surface area contributed by atoms with Gasteiger partial charge in [0.05, 0.1) is 0 Å². The highest BCUT2D eigenvalue weighted by atomic mass is 35.6. The van der Waals surface area contributed by atoms with Crippen LogP contribution in [-0.4, -0.2) is 10.1 Å². The topological polar surface area (TPSA) is 17.1 Å². The maximum absolute atomic E-state index is 9.71. The van der Waals surface area contributed by atoms with Gasteiger partial charge in [-0.05, 0) is 19.3 Å². The largest absolute Gasteiger partial charge is 0.291 e. The Kier molecular flexibility index (Phi) is 5.51. The summed E-state index contributed by atoms with van der Waals surface area (Å²) in [7, 11) is 0. The molecule has 0 N–H and O–H groups in total. The van der Waals surface area contributed by atoms with Gasteiger partial charge in [-0.2, -0.15) is 0 Å². The number of halogens is 3. The molecule has 0 fully saturated rings. The summed E-state index contributed by atoms with van der Waals surface area (Å²) in [5, 5.41) is 0. The number of carbonyl (C=O) groups excluding carboxylic acids is 1. The second kappa shape index (κ2) is 5.22. The highest BCUT2D eigenvalue weighted by Crippen LogP contribution is 2.31. The van der Waals surface area contributed by atoms with Crippen molar-refractivity contribution in [1.82, 2.24) is 0 Å². The van der Waals surface area contributed by atoms with Crippen LogP contribution in [0, 0.1) is 0 Å². The molecular weight excluding hydrogens is 194 g/mol. The summed E-state index contributed by atoms with van der Waals surface area (Å²) >= 11 is 16.3. The van der Waals surface area contributed by atoms with Crippen molar-refractivity contribution < 1.29 is 4.79 Å². The maximum Gasteiger partial charge on any atom is 0.198 e. The predicted octanol–water partition coefficient (Wildman–Crippen LogP) is 3.03. The lowest BCUT2D eigenvalue weighted by Gasteiger charge is -2.08. The molecule has 0 aromatic rings. The van der Waals surface area contributed by atoms with Gasteiger partial charge in [-0.3, -0.25) is 4.79 Å². The number of rotatable bonds is 4. The number of hydrogen-bond donors (Lipinski definition) is 0. The summed E-state index contributed by atoms with van der Waals surface area (Å²) in [5.41, 5.74) is 0. The van der Waals surface area contributed by atoms with E-state index in [1.807, 2.05) is 0 Å². The molecule has 0 spiro atoms. The Morgan fingerprint density at radius 2 is 1.80 bits per heavy atom. The monoisotopic (exact) mass is 201 g/mol. The molecule has 0 saturated carbocycles. The number of unbranched alkanes of at least 4 members (excludes halogenated alkanes) is 2. The zero-order chi connectivity index (χ0) is 8.04. The van der Waals surface area contributed by atoms with Crippen LogP contribution in [-0.2, 0) is 4.79 Å². The highest BCUT2D eigenvalue weighted by molar-refractivity contribution is 6.67. The molecule has 4 heteroatoms. The minimum absolute atomic E-state index is 0.431. The summed E-state index contributed by atoms with van der Waals surface area (Å²) < 4.78 is -1.16. The zero-order valence-corrected chi connectivity index (χ0v) is 7.64. The zero-order valence-electron chi connectivity index (χ0n) is 5.37. The molecule has 0 bridgehead atoms. The van der Waals surface area contributed by atoms with Gasteiger partial charge >= 0.3 is 0 Å². The molecule has 0 aliphatic carbocycles. The van der Waals surface area contributed by atoms with E-state index in [-0.39, 0.29) is 0 Å². The van der Waals surface area contributed by atoms with Crippen LogP contribution >= 0.6 is 34.8 Å². The van der Waals surface area contributed by atoms with Crippen molar-refractivity contribution in [2.24, 2.45) is 0 Å². The van der Waals surface area contributed by atoms with E-state index in [9.17, 15) is 4.79 Å². The van der Waals surface area contributed by atoms with Crippen LogP contribution in [0.15, 0.2) is 0 Å². The second-order valence-electron chi connectivity index (χ2n) is 1.97. The summed E-state index contributed by atoms with van der Waals surface area (Å²) in [6.07, 6.45) is 4.21. The normalized spacial score (nSPS) is 11.5. The van der Waals surface area contributed by atoms with Crippen molar-refractivity contribution >= 4 is 41.1 Å². The van der Waals surface area contributed by atoms with Crippen molar-refractivity contribution in [3.8, 4) is 0 Å². The molecule has 1 nitrogen and oxygen atoms in total. The Bertz CT molecular complexity index is 97.7. The van der Waals surface area contributed by atoms with Crippen LogP contribution < -0.4 is 0 Å². The molecule has 0 amide bonds. The van der Waals surface area contributed by atoms with E-state index in [0.29, 0.717) is 12.8 Å². The lowest BCUT2D eigenvalue weighted by atomic mass is 10.2. The predicted molar refractivity (Wildman–Crippen MR) is 44.5 cm³/mol. The van der Waals surface area contributed by atoms with E-state index in [1.165, 1.54) is 0 Å². The highest BCUT2D eigenvalue weighted by Gasteiger charge is 2.17. The van der Waals surface area contributed by atoms with Crippen molar-refractivity contribution in [2.45, 2.75) is 29.5 Å². The van der Waals surface area contributed by atoms with Gasteiger partial charge in [-0.25, -0.2) is 0 Å². The summed E-state index contributed by atoms with van der Waals surface area (Å²) in [6.45, 7) is 0.